The summed E-state index contributed by atoms with van der Waals surface area (Å²) in [7, 11) is 0. The summed E-state index contributed by atoms with van der Waals surface area (Å²) in [5.74, 6) is 0. The molecule has 0 radical (unpaired) electrons. The molecule has 1 aliphatic rings. The molecule has 62 valence electrons. The van der Waals surface area contributed by atoms with E-state index in [1.54, 1.807) is 0 Å². The first kappa shape index (κ1) is 10.2. The zero-order valence-electron chi connectivity index (χ0n) is 6.08. The van der Waals surface area contributed by atoms with Crippen LogP contribution in [0.1, 0.15) is 6.92 Å². The van der Waals surface area contributed by atoms with Crippen molar-refractivity contribution in [2.24, 2.45) is 5.73 Å². The molecular weight excluding hydrogens is 154 g/mol. The number of hydrogen-bond acceptors (Lipinski definition) is 3. The molecule has 0 aliphatic carbocycles. The third-order valence-corrected chi connectivity index (χ3v) is 1.45. The molecule has 1 aliphatic heterocycles. The number of rotatable bonds is 2. The van der Waals surface area contributed by atoms with Gasteiger partial charge in [-0.3, -0.25) is 0 Å². The van der Waals surface area contributed by atoms with Crippen LogP contribution in [0.25, 0.3) is 0 Å². The summed E-state index contributed by atoms with van der Waals surface area (Å²) < 4.78 is 10.3. The maximum absolute atomic E-state index is 5.62. The monoisotopic (exact) mass is 167 g/mol. The van der Waals surface area contributed by atoms with Crippen LogP contribution in [-0.4, -0.2) is 32.0 Å². The predicted octanol–water partition coefficient (Wildman–Crippen LogP) is 0.171. The topological polar surface area (TPSA) is 44.5 Å². The highest BCUT2D eigenvalue weighted by Crippen LogP contribution is 2.06. The normalized spacial score (nSPS) is 31.8. The molecule has 0 aromatic heterocycles. The second-order valence-electron chi connectivity index (χ2n) is 2.20. The van der Waals surface area contributed by atoms with E-state index < -0.39 is 0 Å². The molecular formula is C6H14ClNO2. The molecule has 0 amide bonds. The van der Waals surface area contributed by atoms with Gasteiger partial charge in [0.25, 0.3) is 0 Å². The third-order valence-electron chi connectivity index (χ3n) is 1.45. The van der Waals surface area contributed by atoms with Gasteiger partial charge in [0, 0.05) is 6.61 Å². The minimum Gasteiger partial charge on any atom is -0.377 e. The predicted molar refractivity (Wildman–Crippen MR) is 41.5 cm³/mol. The molecule has 2 N–H and O–H groups in total. The van der Waals surface area contributed by atoms with Gasteiger partial charge in [-0.25, -0.2) is 0 Å². The Morgan fingerprint density at radius 3 is 2.70 bits per heavy atom. The van der Waals surface area contributed by atoms with E-state index in [0.717, 1.165) is 6.61 Å². The molecule has 4 heteroatoms. The minimum atomic E-state index is 0. The zero-order chi connectivity index (χ0) is 6.69. The summed E-state index contributed by atoms with van der Waals surface area (Å²) in [5.41, 5.74) is 5.62. The lowest BCUT2D eigenvalue weighted by atomic mass is 10.2. The van der Waals surface area contributed by atoms with Gasteiger partial charge in [0.2, 0.25) is 0 Å². The van der Waals surface area contributed by atoms with Crippen molar-refractivity contribution in [3.8, 4) is 0 Å². The number of hydrogen-bond donors (Lipinski definition) is 1. The number of halogens is 1. The van der Waals surface area contributed by atoms with E-state index >= 15 is 0 Å². The van der Waals surface area contributed by atoms with Crippen LogP contribution in [0.2, 0.25) is 0 Å². The minimum absolute atomic E-state index is 0. The molecule has 0 saturated carbocycles. The van der Waals surface area contributed by atoms with Crippen LogP contribution in [0.3, 0.4) is 0 Å². The summed E-state index contributed by atoms with van der Waals surface area (Å²) in [4.78, 5) is 0. The molecule has 1 rings (SSSR count). The Bertz CT molecular complexity index is 91.8. The maximum atomic E-state index is 5.62. The fourth-order valence-corrected chi connectivity index (χ4v) is 0.937. The molecule has 0 spiro atoms. The summed E-state index contributed by atoms with van der Waals surface area (Å²) in [6.07, 6.45) is 0.134. The fraction of sp³-hybridized carbons (Fsp3) is 1.00. The van der Waals surface area contributed by atoms with Gasteiger partial charge in [-0.2, -0.15) is 0 Å². The fourth-order valence-electron chi connectivity index (χ4n) is 0.937. The first-order valence-corrected chi connectivity index (χ1v) is 3.29. The SMILES string of the molecule is CCO[C@@H]1COC[C@H]1N.Cl. The lowest BCUT2D eigenvalue weighted by Crippen LogP contribution is -2.35. The summed E-state index contributed by atoms with van der Waals surface area (Å²) >= 11 is 0. The van der Waals surface area contributed by atoms with Gasteiger partial charge < -0.3 is 15.2 Å². The van der Waals surface area contributed by atoms with E-state index in [9.17, 15) is 0 Å². The molecule has 0 bridgehead atoms. The molecule has 3 nitrogen and oxygen atoms in total. The molecule has 1 fully saturated rings. The Hall–Kier alpha value is 0.170. The average molecular weight is 168 g/mol. The number of nitrogens with two attached hydrogens (primary N) is 1. The van der Waals surface area contributed by atoms with Crippen LogP contribution in [0.5, 0.6) is 0 Å². The third kappa shape index (κ3) is 2.42. The first-order valence-electron chi connectivity index (χ1n) is 3.29. The van der Waals surface area contributed by atoms with Crippen LogP contribution in [-0.2, 0) is 9.47 Å². The van der Waals surface area contributed by atoms with Gasteiger partial charge in [0.05, 0.1) is 25.4 Å². The molecule has 1 heterocycles. The maximum Gasteiger partial charge on any atom is 0.0981 e. The molecule has 10 heavy (non-hydrogen) atoms. The molecule has 0 unspecified atom stereocenters. The Morgan fingerprint density at radius 2 is 2.30 bits per heavy atom. The molecule has 0 aromatic carbocycles. The van der Waals surface area contributed by atoms with Crippen LogP contribution >= 0.6 is 12.4 Å². The van der Waals surface area contributed by atoms with E-state index in [1.807, 2.05) is 6.92 Å². The van der Waals surface area contributed by atoms with Crippen molar-refractivity contribution in [3.63, 3.8) is 0 Å². The molecule has 1 saturated heterocycles. The van der Waals surface area contributed by atoms with E-state index in [1.165, 1.54) is 0 Å². The van der Waals surface area contributed by atoms with Crippen LogP contribution < -0.4 is 5.73 Å². The highest BCUT2D eigenvalue weighted by atomic mass is 35.5. The Labute approximate surface area is 67.3 Å². The highest BCUT2D eigenvalue weighted by Gasteiger charge is 2.24. The van der Waals surface area contributed by atoms with Crippen molar-refractivity contribution in [2.45, 2.75) is 19.1 Å². The van der Waals surface area contributed by atoms with Crippen LogP contribution in [0.4, 0.5) is 0 Å². The van der Waals surface area contributed by atoms with E-state index in [-0.39, 0.29) is 24.6 Å². The second kappa shape index (κ2) is 4.91. The lowest BCUT2D eigenvalue weighted by molar-refractivity contribution is 0.0458. The van der Waals surface area contributed by atoms with Crippen LogP contribution in [0, 0.1) is 0 Å². The summed E-state index contributed by atoms with van der Waals surface area (Å²) in [5, 5.41) is 0. The van der Waals surface area contributed by atoms with E-state index in [2.05, 4.69) is 0 Å². The first-order chi connectivity index (χ1) is 4.34. The second-order valence-corrected chi connectivity index (χ2v) is 2.20. The Balaban J connectivity index is 0.000000810. The molecule has 2 atom stereocenters. The van der Waals surface area contributed by atoms with Crippen LogP contribution in [0.15, 0.2) is 0 Å². The van der Waals surface area contributed by atoms with Gasteiger partial charge in [-0.15, -0.1) is 12.4 Å². The quantitative estimate of drug-likeness (QED) is 0.638. The van der Waals surface area contributed by atoms with E-state index in [0.29, 0.717) is 13.2 Å². The largest absolute Gasteiger partial charge is 0.377 e. The van der Waals surface area contributed by atoms with Gasteiger partial charge >= 0.3 is 0 Å². The smallest absolute Gasteiger partial charge is 0.0981 e. The van der Waals surface area contributed by atoms with E-state index in [4.69, 9.17) is 15.2 Å². The summed E-state index contributed by atoms with van der Waals surface area (Å²) in [6, 6.07) is 0.0879. The Morgan fingerprint density at radius 1 is 1.60 bits per heavy atom. The average Bonchev–Trinajstić information content (AvgIpc) is 2.18. The van der Waals surface area contributed by atoms with Crippen molar-refractivity contribution in [1.82, 2.24) is 0 Å². The van der Waals surface area contributed by atoms with Crippen molar-refractivity contribution < 1.29 is 9.47 Å². The van der Waals surface area contributed by atoms with Gasteiger partial charge in [0.1, 0.15) is 0 Å². The van der Waals surface area contributed by atoms with Gasteiger partial charge in [-0.05, 0) is 6.92 Å². The lowest BCUT2D eigenvalue weighted by Gasteiger charge is -2.11. The van der Waals surface area contributed by atoms with Crippen molar-refractivity contribution >= 4 is 12.4 Å². The highest BCUT2D eigenvalue weighted by molar-refractivity contribution is 5.85. The van der Waals surface area contributed by atoms with Crippen molar-refractivity contribution in [2.75, 3.05) is 19.8 Å². The van der Waals surface area contributed by atoms with Gasteiger partial charge in [-0.1, -0.05) is 0 Å². The number of ether oxygens (including phenoxy) is 2. The van der Waals surface area contributed by atoms with Gasteiger partial charge in [0.15, 0.2) is 0 Å². The Kier molecular flexibility index (Phi) is 4.99. The summed E-state index contributed by atoms with van der Waals surface area (Å²) in [6.45, 7) is 3.99. The molecule has 0 aromatic rings. The standard InChI is InChI=1S/C6H13NO2.ClH/c1-2-9-6-4-8-3-5(6)7;/h5-6H,2-4,7H2,1H3;1H/t5-,6-;/m1./s1. The van der Waals surface area contributed by atoms with Crippen molar-refractivity contribution in [3.05, 3.63) is 0 Å². The van der Waals surface area contributed by atoms with Crippen molar-refractivity contribution in [1.29, 1.82) is 0 Å². The zero-order valence-corrected chi connectivity index (χ0v) is 6.89.